The molecule has 1 saturated heterocycles. The zero-order valence-electron chi connectivity index (χ0n) is 13.3. The highest BCUT2D eigenvalue weighted by atomic mass is 16.2. The van der Waals surface area contributed by atoms with E-state index in [-0.39, 0.29) is 23.1 Å². The average molecular weight is 312 g/mol. The second-order valence-electron chi connectivity index (χ2n) is 5.77. The zero-order valence-corrected chi connectivity index (χ0v) is 13.3. The largest absolute Gasteiger partial charge is 0.373 e. The van der Waals surface area contributed by atoms with Gasteiger partial charge in [0, 0.05) is 25.5 Å². The van der Waals surface area contributed by atoms with Crippen molar-refractivity contribution < 1.29 is 4.79 Å². The van der Waals surface area contributed by atoms with Crippen LogP contribution in [0.25, 0.3) is 0 Å². The van der Waals surface area contributed by atoms with E-state index in [1.165, 1.54) is 0 Å². The fraction of sp³-hybridized carbons (Fsp3) is 0.353. The number of amides is 1. The number of hydrogen-bond acceptors (Lipinski definition) is 4. The summed E-state index contributed by atoms with van der Waals surface area (Å²) in [6, 6.07) is 7.23. The first-order chi connectivity index (χ1) is 11.1. The number of nitrogens with zero attached hydrogens (tertiary/aromatic N) is 2. The molecule has 2 N–H and O–H groups in total. The van der Waals surface area contributed by atoms with E-state index in [0.29, 0.717) is 6.54 Å². The lowest BCUT2D eigenvalue weighted by atomic mass is 10.1. The highest BCUT2D eigenvalue weighted by Crippen LogP contribution is 2.33. The Hall–Kier alpha value is -2.63. The van der Waals surface area contributed by atoms with E-state index in [2.05, 4.69) is 15.3 Å². The molecule has 0 aromatic carbocycles. The minimum absolute atomic E-state index is 0.0155. The number of nitrogens with one attached hydrogen (secondary N) is 2. The molecule has 1 unspecified atom stereocenters. The Bertz CT molecular complexity index is 784. The van der Waals surface area contributed by atoms with Crippen LogP contribution >= 0.6 is 0 Å². The fourth-order valence-corrected chi connectivity index (χ4v) is 3.04. The summed E-state index contributed by atoms with van der Waals surface area (Å²) >= 11 is 0. The van der Waals surface area contributed by atoms with E-state index in [1.807, 2.05) is 19.2 Å². The molecule has 0 spiro atoms. The fourth-order valence-electron chi connectivity index (χ4n) is 3.04. The molecule has 23 heavy (non-hydrogen) atoms. The Morgan fingerprint density at radius 3 is 2.96 bits per heavy atom. The molecule has 0 bridgehead atoms. The molecule has 0 saturated carbocycles. The Balaban J connectivity index is 1.91. The maximum Gasteiger partial charge on any atom is 0.260 e. The van der Waals surface area contributed by atoms with Crippen molar-refractivity contribution in [2.24, 2.45) is 0 Å². The van der Waals surface area contributed by atoms with Crippen LogP contribution in [0.2, 0.25) is 0 Å². The lowest BCUT2D eigenvalue weighted by Gasteiger charge is -2.25. The molecule has 1 aliphatic heterocycles. The predicted molar refractivity (Wildman–Crippen MR) is 88.6 cm³/mol. The van der Waals surface area contributed by atoms with Crippen LogP contribution in [0, 0.1) is 6.92 Å². The topological polar surface area (TPSA) is 78.1 Å². The quantitative estimate of drug-likeness (QED) is 0.910. The van der Waals surface area contributed by atoms with Crippen LogP contribution in [0.4, 0.5) is 5.82 Å². The first kappa shape index (κ1) is 15.3. The van der Waals surface area contributed by atoms with Crippen molar-refractivity contribution in [3.8, 4) is 0 Å². The van der Waals surface area contributed by atoms with Crippen molar-refractivity contribution >= 4 is 11.7 Å². The van der Waals surface area contributed by atoms with Crippen LogP contribution in [0.3, 0.4) is 0 Å². The first-order valence-corrected chi connectivity index (χ1v) is 7.75. The first-order valence-electron chi connectivity index (χ1n) is 7.75. The van der Waals surface area contributed by atoms with Gasteiger partial charge in [-0.15, -0.1) is 0 Å². The lowest BCUT2D eigenvalue weighted by Crippen LogP contribution is -2.34. The number of likely N-dealkylation sites (tertiary alicyclic amines) is 1. The smallest absolute Gasteiger partial charge is 0.260 e. The molecule has 1 fully saturated rings. The van der Waals surface area contributed by atoms with Gasteiger partial charge in [-0.25, -0.2) is 4.98 Å². The number of carbonyl (C=O) groups excluding carboxylic acids is 1. The predicted octanol–water partition coefficient (Wildman–Crippen LogP) is 2.10. The highest BCUT2D eigenvalue weighted by molar-refractivity contribution is 5.94. The third-order valence-corrected chi connectivity index (χ3v) is 4.22. The van der Waals surface area contributed by atoms with Gasteiger partial charge in [-0.2, -0.15) is 0 Å². The molecule has 120 valence electrons. The van der Waals surface area contributed by atoms with Crippen molar-refractivity contribution in [1.82, 2.24) is 14.9 Å². The average Bonchev–Trinajstić information content (AvgIpc) is 3.04. The van der Waals surface area contributed by atoms with E-state index >= 15 is 0 Å². The van der Waals surface area contributed by atoms with Gasteiger partial charge in [0.25, 0.3) is 11.5 Å². The molecule has 2 aromatic rings. The molecule has 0 radical (unpaired) electrons. The van der Waals surface area contributed by atoms with Gasteiger partial charge in [-0.1, -0.05) is 0 Å². The normalized spacial score (nSPS) is 17.3. The zero-order chi connectivity index (χ0) is 16.4. The molecular formula is C17H20N4O2. The number of hydrogen-bond donors (Lipinski definition) is 2. The summed E-state index contributed by atoms with van der Waals surface area (Å²) in [5.41, 5.74) is 1.66. The molecule has 1 amide bonds. The third kappa shape index (κ3) is 2.97. The molecule has 1 atom stereocenters. The van der Waals surface area contributed by atoms with Gasteiger partial charge in [0.15, 0.2) is 0 Å². The van der Waals surface area contributed by atoms with Crippen LogP contribution in [0.1, 0.15) is 40.5 Å². The Labute approximate surface area is 134 Å². The number of aromatic amines is 1. The van der Waals surface area contributed by atoms with Crippen LogP contribution < -0.4 is 10.9 Å². The minimum atomic E-state index is -0.328. The van der Waals surface area contributed by atoms with E-state index in [9.17, 15) is 9.59 Å². The molecule has 3 heterocycles. The van der Waals surface area contributed by atoms with Crippen LogP contribution in [0.5, 0.6) is 0 Å². The monoisotopic (exact) mass is 312 g/mol. The van der Waals surface area contributed by atoms with Gasteiger partial charge in [0.2, 0.25) is 0 Å². The summed E-state index contributed by atoms with van der Waals surface area (Å²) in [6.07, 6.45) is 3.56. The molecule has 1 aliphatic rings. The number of aryl methyl sites for hydroxylation is 1. The van der Waals surface area contributed by atoms with Gasteiger partial charge in [0.1, 0.15) is 11.4 Å². The van der Waals surface area contributed by atoms with Gasteiger partial charge in [-0.05, 0) is 49.6 Å². The summed E-state index contributed by atoms with van der Waals surface area (Å²) in [4.78, 5) is 33.5. The van der Waals surface area contributed by atoms with Gasteiger partial charge >= 0.3 is 0 Å². The van der Waals surface area contributed by atoms with Crippen molar-refractivity contribution in [3.05, 3.63) is 57.6 Å². The molecular weight excluding hydrogens is 292 g/mol. The standard InChI is InChI=1S/C17H20N4O2/c1-11-5-6-13(16(22)20-11)17(23)21-9-3-4-14(21)12-7-8-19-15(10-12)18-2/h5-8,10,14H,3-4,9H2,1-2H3,(H,18,19)(H,20,22). The maximum atomic E-state index is 12.8. The van der Waals surface area contributed by atoms with Gasteiger partial charge < -0.3 is 15.2 Å². The lowest BCUT2D eigenvalue weighted by molar-refractivity contribution is 0.0734. The highest BCUT2D eigenvalue weighted by Gasteiger charge is 2.31. The Morgan fingerprint density at radius 1 is 1.39 bits per heavy atom. The summed E-state index contributed by atoms with van der Waals surface area (Å²) in [6.45, 7) is 2.46. The number of H-pyrrole nitrogens is 1. The summed E-state index contributed by atoms with van der Waals surface area (Å²) in [5, 5.41) is 3.01. The van der Waals surface area contributed by atoms with Crippen molar-refractivity contribution in [2.45, 2.75) is 25.8 Å². The van der Waals surface area contributed by atoms with Gasteiger partial charge in [0.05, 0.1) is 6.04 Å². The number of rotatable bonds is 3. The molecule has 6 heteroatoms. The Morgan fingerprint density at radius 2 is 2.22 bits per heavy atom. The summed E-state index contributed by atoms with van der Waals surface area (Å²) in [5.74, 6) is 0.562. The van der Waals surface area contributed by atoms with Crippen molar-refractivity contribution in [1.29, 1.82) is 0 Å². The SMILES string of the molecule is CNc1cc(C2CCCN2C(=O)c2ccc(C)[nH]c2=O)ccn1. The second-order valence-corrected chi connectivity index (χ2v) is 5.77. The molecule has 3 rings (SSSR count). The van der Waals surface area contributed by atoms with Crippen LogP contribution in [-0.2, 0) is 0 Å². The summed E-state index contributed by atoms with van der Waals surface area (Å²) < 4.78 is 0. The van der Waals surface area contributed by atoms with E-state index < -0.39 is 0 Å². The second kappa shape index (κ2) is 6.24. The third-order valence-electron chi connectivity index (χ3n) is 4.22. The Kier molecular flexibility index (Phi) is 4.14. The van der Waals surface area contributed by atoms with Crippen LogP contribution in [-0.4, -0.2) is 34.4 Å². The van der Waals surface area contributed by atoms with Gasteiger partial charge in [-0.3, -0.25) is 9.59 Å². The van der Waals surface area contributed by atoms with Crippen molar-refractivity contribution in [2.75, 3.05) is 18.9 Å². The summed E-state index contributed by atoms with van der Waals surface area (Å²) in [7, 11) is 1.82. The van der Waals surface area contributed by atoms with E-state index in [4.69, 9.17) is 0 Å². The molecule has 0 aliphatic carbocycles. The number of aromatic nitrogens is 2. The number of carbonyl (C=O) groups is 1. The van der Waals surface area contributed by atoms with E-state index in [1.54, 1.807) is 30.2 Å². The number of anilines is 1. The maximum absolute atomic E-state index is 12.8. The minimum Gasteiger partial charge on any atom is -0.373 e. The van der Waals surface area contributed by atoms with Crippen LogP contribution in [0.15, 0.2) is 35.3 Å². The van der Waals surface area contributed by atoms with Crippen molar-refractivity contribution in [3.63, 3.8) is 0 Å². The number of pyridine rings is 2. The molecule has 2 aromatic heterocycles. The van der Waals surface area contributed by atoms with E-state index in [0.717, 1.165) is 29.9 Å². The molecule has 6 nitrogen and oxygen atoms in total.